The zero-order valence-electron chi connectivity index (χ0n) is 8.61. The summed E-state index contributed by atoms with van der Waals surface area (Å²) >= 11 is 0. The van der Waals surface area contributed by atoms with E-state index in [1.54, 1.807) is 0 Å². The lowest BCUT2D eigenvalue weighted by atomic mass is 10.2. The lowest BCUT2D eigenvalue weighted by Crippen LogP contribution is -1.69. The van der Waals surface area contributed by atoms with E-state index in [2.05, 4.69) is 43.9 Å². The molecule has 0 saturated heterocycles. The van der Waals surface area contributed by atoms with E-state index in [1.807, 2.05) is 24.3 Å². The number of allylic oxidation sites excluding steroid dienone is 4. The second-order valence-electron chi connectivity index (χ2n) is 3.20. The summed E-state index contributed by atoms with van der Waals surface area (Å²) < 4.78 is 0. The molecule has 0 N–H and O–H groups in total. The van der Waals surface area contributed by atoms with E-state index in [1.165, 1.54) is 11.1 Å². The van der Waals surface area contributed by atoms with Gasteiger partial charge in [-0.05, 0) is 18.9 Å². The minimum absolute atomic E-state index is 0.965. The Bertz CT molecular complexity index is 328. The fourth-order valence-corrected chi connectivity index (χ4v) is 1.11. The van der Waals surface area contributed by atoms with Crippen LogP contribution >= 0.6 is 0 Å². The molecule has 0 radical (unpaired) electrons. The monoisotopic (exact) mass is 184 g/mol. The average molecular weight is 184 g/mol. The Morgan fingerprint density at radius 3 is 2.64 bits per heavy atom. The average Bonchev–Trinajstić information content (AvgIpc) is 2.25. The first kappa shape index (κ1) is 10.5. The molecular formula is C14H16. The van der Waals surface area contributed by atoms with Crippen LogP contribution in [0.3, 0.4) is 0 Å². The van der Waals surface area contributed by atoms with E-state index in [0.717, 1.165) is 6.42 Å². The van der Waals surface area contributed by atoms with Gasteiger partial charge in [0, 0.05) is 0 Å². The SMILES string of the molecule is C=C/C(C)=C/C/C=C/c1ccccc1. The molecule has 72 valence electrons. The highest BCUT2D eigenvalue weighted by Gasteiger charge is 1.81. The van der Waals surface area contributed by atoms with Crippen LogP contribution in [-0.2, 0) is 0 Å². The zero-order chi connectivity index (χ0) is 10.2. The van der Waals surface area contributed by atoms with Gasteiger partial charge in [-0.2, -0.15) is 0 Å². The number of benzene rings is 1. The summed E-state index contributed by atoms with van der Waals surface area (Å²) in [5.41, 5.74) is 2.47. The first-order valence-corrected chi connectivity index (χ1v) is 4.83. The second kappa shape index (κ2) is 5.98. The number of rotatable bonds is 4. The lowest BCUT2D eigenvalue weighted by molar-refractivity contribution is 1.34. The molecule has 0 nitrogen and oxygen atoms in total. The molecule has 1 aromatic rings. The van der Waals surface area contributed by atoms with E-state index in [4.69, 9.17) is 0 Å². The Morgan fingerprint density at radius 2 is 2.00 bits per heavy atom. The van der Waals surface area contributed by atoms with Crippen LogP contribution < -0.4 is 0 Å². The fraction of sp³-hybridized carbons (Fsp3) is 0.143. The van der Waals surface area contributed by atoms with Crippen LogP contribution in [0.2, 0.25) is 0 Å². The van der Waals surface area contributed by atoms with Gasteiger partial charge in [-0.1, -0.05) is 66.8 Å². The minimum atomic E-state index is 0.965. The molecule has 0 aliphatic carbocycles. The van der Waals surface area contributed by atoms with Crippen molar-refractivity contribution in [1.82, 2.24) is 0 Å². The summed E-state index contributed by atoms with van der Waals surface area (Å²) in [5.74, 6) is 0. The van der Waals surface area contributed by atoms with Gasteiger partial charge in [0.1, 0.15) is 0 Å². The minimum Gasteiger partial charge on any atom is -0.0988 e. The van der Waals surface area contributed by atoms with Gasteiger partial charge in [-0.25, -0.2) is 0 Å². The molecular weight excluding hydrogens is 168 g/mol. The first-order chi connectivity index (χ1) is 6.83. The van der Waals surface area contributed by atoms with Crippen LogP contribution in [0.25, 0.3) is 6.08 Å². The largest absolute Gasteiger partial charge is 0.0988 e. The van der Waals surface area contributed by atoms with Gasteiger partial charge >= 0.3 is 0 Å². The summed E-state index contributed by atoms with van der Waals surface area (Å²) in [4.78, 5) is 0. The van der Waals surface area contributed by atoms with Crippen LogP contribution in [0.5, 0.6) is 0 Å². The molecule has 0 amide bonds. The van der Waals surface area contributed by atoms with Crippen molar-refractivity contribution < 1.29 is 0 Å². The Labute approximate surface area is 86.3 Å². The second-order valence-corrected chi connectivity index (χ2v) is 3.20. The summed E-state index contributed by atoms with van der Waals surface area (Å²) in [5, 5.41) is 0. The third-order valence-electron chi connectivity index (χ3n) is 2.01. The van der Waals surface area contributed by atoms with Gasteiger partial charge in [0.25, 0.3) is 0 Å². The Morgan fingerprint density at radius 1 is 1.29 bits per heavy atom. The normalized spacial score (nSPS) is 11.9. The highest BCUT2D eigenvalue weighted by Crippen LogP contribution is 2.03. The van der Waals surface area contributed by atoms with Gasteiger partial charge in [-0.3, -0.25) is 0 Å². The standard InChI is InChI=1S/C14H16/c1-3-13(2)9-7-8-12-14-10-5-4-6-11-14/h3-6,8-12H,1,7H2,2H3/b12-8+,13-9+. The molecule has 0 saturated carbocycles. The van der Waals surface area contributed by atoms with Gasteiger partial charge in [0.15, 0.2) is 0 Å². The van der Waals surface area contributed by atoms with Gasteiger partial charge < -0.3 is 0 Å². The third kappa shape index (κ3) is 3.90. The van der Waals surface area contributed by atoms with Crippen molar-refractivity contribution in [1.29, 1.82) is 0 Å². The smallest absolute Gasteiger partial charge is 0.0160 e. The molecule has 0 unspecified atom stereocenters. The van der Waals surface area contributed by atoms with Gasteiger partial charge in [0.05, 0.1) is 0 Å². The Balaban J connectivity index is 2.46. The van der Waals surface area contributed by atoms with Gasteiger partial charge in [0.2, 0.25) is 0 Å². The van der Waals surface area contributed by atoms with Crippen molar-refractivity contribution in [2.24, 2.45) is 0 Å². The van der Waals surface area contributed by atoms with Crippen molar-refractivity contribution in [3.05, 3.63) is 66.3 Å². The maximum Gasteiger partial charge on any atom is -0.0160 e. The van der Waals surface area contributed by atoms with Gasteiger partial charge in [-0.15, -0.1) is 0 Å². The molecule has 0 aliphatic heterocycles. The third-order valence-corrected chi connectivity index (χ3v) is 2.01. The summed E-state index contributed by atoms with van der Waals surface area (Å²) in [6, 6.07) is 10.3. The topological polar surface area (TPSA) is 0 Å². The quantitative estimate of drug-likeness (QED) is 0.614. The zero-order valence-corrected chi connectivity index (χ0v) is 8.61. The molecule has 0 spiro atoms. The first-order valence-electron chi connectivity index (χ1n) is 4.83. The molecule has 0 aliphatic rings. The Hall–Kier alpha value is -1.56. The molecule has 1 rings (SSSR count). The van der Waals surface area contributed by atoms with Crippen molar-refractivity contribution in [3.8, 4) is 0 Å². The van der Waals surface area contributed by atoms with Crippen LogP contribution in [0.4, 0.5) is 0 Å². The van der Waals surface area contributed by atoms with E-state index in [-0.39, 0.29) is 0 Å². The molecule has 0 bridgehead atoms. The van der Waals surface area contributed by atoms with Crippen LogP contribution in [-0.4, -0.2) is 0 Å². The highest BCUT2D eigenvalue weighted by molar-refractivity contribution is 5.48. The van der Waals surface area contributed by atoms with Crippen molar-refractivity contribution in [2.75, 3.05) is 0 Å². The predicted molar refractivity (Wildman–Crippen MR) is 64.0 cm³/mol. The lowest BCUT2D eigenvalue weighted by Gasteiger charge is -1.91. The maximum atomic E-state index is 3.71. The maximum absolute atomic E-state index is 3.71. The highest BCUT2D eigenvalue weighted by atomic mass is 13.9. The number of hydrogen-bond donors (Lipinski definition) is 0. The predicted octanol–water partition coefficient (Wildman–Crippen LogP) is 4.22. The molecule has 0 heteroatoms. The number of hydrogen-bond acceptors (Lipinski definition) is 0. The Kier molecular flexibility index (Phi) is 4.49. The fourth-order valence-electron chi connectivity index (χ4n) is 1.11. The molecule has 0 heterocycles. The van der Waals surface area contributed by atoms with Crippen LogP contribution in [0, 0.1) is 0 Å². The summed E-state index contributed by atoms with van der Waals surface area (Å²) in [6.07, 6.45) is 9.28. The van der Waals surface area contributed by atoms with E-state index >= 15 is 0 Å². The molecule has 14 heavy (non-hydrogen) atoms. The van der Waals surface area contributed by atoms with E-state index in [9.17, 15) is 0 Å². The van der Waals surface area contributed by atoms with E-state index < -0.39 is 0 Å². The summed E-state index contributed by atoms with van der Waals surface area (Å²) in [6.45, 7) is 5.76. The van der Waals surface area contributed by atoms with E-state index in [0.29, 0.717) is 0 Å². The van der Waals surface area contributed by atoms with Crippen molar-refractivity contribution in [2.45, 2.75) is 13.3 Å². The molecule has 0 atom stereocenters. The summed E-state index contributed by atoms with van der Waals surface area (Å²) in [7, 11) is 0. The molecule has 0 aromatic heterocycles. The molecule has 1 aromatic carbocycles. The van der Waals surface area contributed by atoms with Crippen LogP contribution in [0.1, 0.15) is 18.9 Å². The van der Waals surface area contributed by atoms with Crippen LogP contribution in [0.15, 0.2) is 60.7 Å². The van der Waals surface area contributed by atoms with Crippen molar-refractivity contribution in [3.63, 3.8) is 0 Å². The molecule has 0 fully saturated rings. The van der Waals surface area contributed by atoms with Crippen molar-refractivity contribution >= 4 is 6.08 Å².